The van der Waals surface area contributed by atoms with E-state index < -0.39 is 0 Å². The third-order valence-electron chi connectivity index (χ3n) is 5.15. The number of fused-ring (bicyclic) bond motifs is 1. The molecule has 23 heavy (non-hydrogen) atoms. The smallest absolute Gasteiger partial charge is 0.0599 e. The largest absolute Gasteiger partial charge is 0.290 e. The summed E-state index contributed by atoms with van der Waals surface area (Å²) in [6.07, 6.45) is 5.04. The Morgan fingerprint density at radius 2 is 1.61 bits per heavy atom. The van der Waals surface area contributed by atoms with Crippen LogP contribution in [0.4, 0.5) is 0 Å². The molecular formula is C21H23NS. The maximum atomic E-state index is 5.05. The lowest BCUT2D eigenvalue weighted by molar-refractivity contribution is 0.454. The number of nitrogens with zero attached hydrogens (tertiary/aromatic N) is 1. The normalized spacial score (nSPS) is 26.6. The van der Waals surface area contributed by atoms with E-state index in [1.54, 1.807) is 0 Å². The summed E-state index contributed by atoms with van der Waals surface area (Å²) in [6.45, 7) is 0. The molecule has 1 fully saturated rings. The van der Waals surface area contributed by atoms with E-state index in [0.717, 1.165) is 17.6 Å². The van der Waals surface area contributed by atoms with Gasteiger partial charge in [-0.3, -0.25) is 4.99 Å². The fourth-order valence-electron chi connectivity index (χ4n) is 3.98. The van der Waals surface area contributed by atoms with Crippen LogP contribution in [0, 0.1) is 5.92 Å². The van der Waals surface area contributed by atoms with E-state index in [0.29, 0.717) is 6.04 Å². The van der Waals surface area contributed by atoms with Gasteiger partial charge in [-0.1, -0.05) is 48.5 Å². The Labute approximate surface area is 143 Å². The molecule has 2 aromatic carbocycles. The summed E-state index contributed by atoms with van der Waals surface area (Å²) in [6, 6.07) is 22.3. The average molecular weight is 321 g/mol. The molecule has 1 saturated carbocycles. The van der Waals surface area contributed by atoms with E-state index in [1.165, 1.54) is 41.9 Å². The van der Waals surface area contributed by atoms with Gasteiger partial charge >= 0.3 is 0 Å². The molecule has 2 aliphatic rings. The zero-order chi connectivity index (χ0) is 15.5. The second-order valence-electron chi connectivity index (χ2n) is 6.71. The summed E-state index contributed by atoms with van der Waals surface area (Å²) in [5, 5.41) is 0. The highest BCUT2D eigenvalue weighted by molar-refractivity contribution is 7.99. The number of benzene rings is 2. The van der Waals surface area contributed by atoms with Crippen LogP contribution in [0.25, 0.3) is 0 Å². The summed E-state index contributed by atoms with van der Waals surface area (Å²) in [5.41, 5.74) is 3.03. The van der Waals surface area contributed by atoms with Crippen molar-refractivity contribution in [3.63, 3.8) is 0 Å². The molecule has 0 aromatic heterocycles. The minimum Gasteiger partial charge on any atom is -0.290 e. The summed E-state index contributed by atoms with van der Waals surface area (Å²) < 4.78 is 0. The van der Waals surface area contributed by atoms with Gasteiger partial charge in [0.15, 0.2) is 0 Å². The van der Waals surface area contributed by atoms with E-state index in [1.807, 2.05) is 11.8 Å². The second-order valence-corrected chi connectivity index (χ2v) is 7.81. The quantitative estimate of drug-likeness (QED) is 0.670. The van der Waals surface area contributed by atoms with Gasteiger partial charge in [-0.25, -0.2) is 0 Å². The molecule has 1 aliphatic carbocycles. The van der Waals surface area contributed by atoms with Gasteiger partial charge in [0.05, 0.1) is 6.04 Å². The van der Waals surface area contributed by atoms with Crippen LogP contribution in [0.1, 0.15) is 37.2 Å². The predicted molar refractivity (Wildman–Crippen MR) is 99.5 cm³/mol. The maximum absolute atomic E-state index is 5.05. The number of hydrogen-bond acceptors (Lipinski definition) is 2. The lowest BCUT2D eigenvalue weighted by Crippen LogP contribution is -2.21. The van der Waals surface area contributed by atoms with Gasteiger partial charge in [0.25, 0.3) is 0 Å². The molecule has 2 aromatic rings. The third kappa shape index (κ3) is 3.53. The van der Waals surface area contributed by atoms with Gasteiger partial charge < -0.3 is 0 Å². The van der Waals surface area contributed by atoms with E-state index in [9.17, 15) is 0 Å². The lowest BCUT2D eigenvalue weighted by Gasteiger charge is -2.28. The summed E-state index contributed by atoms with van der Waals surface area (Å²) >= 11 is 1.95. The van der Waals surface area contributed by atoms with E-state index in [4.69, 9.17) is 4.99 Å². The van der Waals surface area contributed by atoms with Crippen LogP contribution in [0.5, 0.6) is 0 Å². The van der Waals surface area contributed by atoms with Crippen LogP contribution in [-0.4, -0.2) is 17.5 Å². The molecule has 0 amide bonds. The number of aliphatic imine (C=N–C) groups is 1. The van der Waals surface area contributed by atoms with Gasteiger partial charge in [-0.2, -0.15) is 0 Å². The molecule has 0 saturated heterocycles. The molecule has 1 heterocycles. The molecular weight excluding hydrogens is 298 g/mol. The molecule has 4 rings (SSSR count). The number of thioether (sulfide) groups is 1. The monoisotopic (exact) mass is 321 g/mol. The molecule has 118 valence electrons. The molecule has 2 heteroatoms. The molecule has 1 nitrogen and oxygen atoms in total. The lowest BCUT2D eigenvalue weighted by atomic mass is 9.76. The van der Waals surface area contributed by atoms with Crippen molar-refractivity contribution in [3.05, 3.63) is 66.2 Å². The van der Waals surface area contributed by atoms with Crippen molar-refractivity contribution < 1.29 is 0 Å². The van der Waals surface area contributed by atoms with Crippen molar-refractivity contribution in [1.82, 2.24) is 0 Å². The third-order valence-corrected chi connectivity index (χ3v) is 6.31. The predicted octanol–water partition coefficient (Wildman–Crippen LogP) is 5.58. The average Bonchev–Trinajstić information content (AvgIpc) is 3.04. The van der Waals surface area contributed by atoms with Crippen LogP contribution in [0.3, 0.4) is 0 Å². The van der Waals surface area contributed by atoms with Crippen molar-refractivity contribution >= 4 is 17.5 Å². The Hall–Kier alpha value is -1.54. The highest BCUT2D eigenvalue weighted by Crippen LogP contribution is 2.40. The van der Waals surface area contributed by atoms with Crippen LogP contribution < -0.4 is 0 Å². The molecule has 0 bridgehead atoms. The van der Waals surface area contributed by atoms with Crippen LogP contribution in [0.2, 0.25) is 0 Å². The Kier molecular flexibility index (Phi) is 4.52. The maximum Gasteiger partial charge on any atom is 0.0599 e. The molecule has 1 aliphatic heterocycles. The summed E-state index contributed by atoms with van der Waals surface area (Å²) in [5.74, 6) is 2.59. The first-order chi connectivity index (χ1) is 11.4. The van der Waals surface area contributed by atoms with Gasteiger partial charge in [-0.05, 0) is 55.2 Å². The fourth-order valence-corrected chi connectivity index (χ4v) is 4.93. The number of hydrogen-bond donors (Lipinski definition) is 0. The standard InChI is InChI=1S/C21H23NS/c1-3-7-16(8-4-1)17-11-12-21-18(13-17)14-19(22-21)15-23-20-9-5-2-6-10-20/h1-10,17-19H,11-15H2/t17-,18+,19?/m0/s1. The SMILES string of the molecule is c1ccc(SCC2C[C@H]3C[C@@H](c4ccccc4)CCC3=N2)cc1. The summed E-state index contributed by atoms with van der Waals surface area (Å²) in [7, 11) is 0. The first-order valence-electron chi connectivity index (χ1n) is 8.68. The molecule has 0 radical (unpaired) electrons. The Balaban J connectivity index is 1.35. The molecule has 1 unspecified atom stereocenters. The minimum atomic E-state index is 0.523. The first kappa shape index (κ1) is 15.0. The Morgan fingerprint density at radius 3 is 2.39 bits per heavy atom. The Morgan fingerprint density at radius 1 is 0.870 bits per heavy atom. The van der Waals surface area contributed by atoms with Crippen LogP contribution in [0.15, 0.2) is 70.6 Å². The van der Waals surface area contributed by atoms with Crippen LogP contribution in [-0.2, 0) is 0 Å². The van der Waals surface area contributed by atoms with Gasteiger partial charge in [-0.15, -0.1) is 11.8 Å². The molecule has 0 spiro atoms. The number of rotatable bonds is 4. The topological polar surface area (TPSA) is 12.4 Å². The van der Waals surface area contributed by atoms with Crippen molar-refractivity contribution in [3.8, 4) is 0 Å². The highest BCUT2D eigenvalue weighted by Gasteiger charge is 2.34. The first-order valence-corrected chi connectivity index (χ1v) is 9.66. The second kappa shape index (κ2) is 6.92. The summed E-state index contributed by atoms with van der Waals surface area (Å²) in [4.78, 5) is 6.41. The minimum absolute atomic E-state index is 0.523. The van der Waals surface area contributed by atoms with Crippen molar-refractivity contribution in [2.24, 2.45) is 10.9 Å². The van der Waals surface area contributed by atoms with Crippen LogP contribution >= 0.6 is 11.8 Å². The van der Waals surface area contributed by atoms with E-state index in [2.05, 4.69) is 60.7 Å². The molecule has 3 atom stereocenters. The fraction of sp³-hybridized carbons (Fsp3) is 0.381. The van der Waals surface area contributed by atoms with E-state index >= 15 is 0 Å². The van der Waals surface area contributed by atoms with Crippen molar-refractivity contribution in [2.45, 2.75) is 42.5 Å². The van der Waals surface area contributed by atoms with Gasteiger partial charge in [0.2, 0.25) is 0 Å². The zero-order valence-corrected chi connectivity index (χ0v) is 14.2. The van der Waals surface area contributed by atoms with Crippen molar-refractivity contribution in [2.75, 3.05) is 5.75 Å². The van der Waals surface area contributed by atoms with Gasteiger partial charge in [0, 0.05) is 16.4 Å². The molecule has 0 N–H and O–H groups in total. The van der Waals surface area contributed by atoms with Gasteiger partial charge in [0.1, 0.15) is 0 Å². The van der Waals surface area contributed by atoms with Crippen molar-refractivity contribution in [1.29, 1.82) is 0 Å². The zero-order valence-electron chi connectivity index (χ0n) is 13.4. The Bertz CT molecular complexity index is 665. The van der Waals surface area contributed by atoms with E-state index in [-0.39, 0.29) is 0 Å². The highest BCUT2D eigenvalue weighted by atomic mass is 32.2.